The molecule has 2 amide bonds. The number of rotatable bonds is 12. The van der Waals surface area contributed by atoms with Crippen molar-refractivity contribution in [1.82, 2.24) is 25.6 Å². The zero-order valence-electron chi connectivity index (χ0n) is 21.9. The number of aromatic amines is 2. The molecule has 0 radical (unpaired) electrons. The number of carbonyl (C=O) groups is 2. The van der Waals surface area contributed by atoms with Crippen molar-refractivity contribution in [1.29, 1.82) is 0 Å². The Morgan fingerprint density at radius 3 is 2.54 bits per heavy atom. The minimum atomic E-state index is -1.16. The van der Waals surface area contributed by atoms with E-state index in [2.05, 4.69) is 25.6 Å². The summed E-state index contributed by atoms with van der Waals surface area (Å²) in [5.74, 6) is -1.50. The van der Waals surface area contributed by atoms with Gasteiger partial charge in [0.05, 0.1) is 65.5 Å². The van der Waals surface area contributed by atoms with Gasteiger partial charge >= 0.3 is 0 Å². The molecule has 0 saturated heterocycles. The molecule has 2 aromatic heterocycles. The van der Waals surface area contributed by atoms with E-state index < -0.39 is 54.7 Å². The fourth-order valence-electron chi connectivity index (χ4n) is 4.46. The van der Waals surface area contributed by atoms with Crippen LogP contribution in [-0.4, -0.2) is 85.2 Å². The van der Waals surface area contributed by atoms with Gasteiger partial charge in [-0.25, -0.2) is 9.37 Å². The number of amides is 2. The molecule has 41 heavy (non-hydrogen) atoms. The van der Waals surface area contributed by atoms with Gasteiger partial charge in [0, 0.05) is 12.1 Å². The Morgan fingerprint density at radius 1 is 1.05 bits per heavy atom. The van der Waals surface area contributed by atoms with Crippen molar-refractivity contribution in [2.24, 2.45) is 0 Å². The standard InChI is InChI=1S/C27H31FN6O7/c28-17-2-1-3-19-22(17)24(29)23(27(41)34-19)25-32-18-5-4-13(8-20(18)33-25)26(40)30-7-6-15(37)9-16(38)10-21(39)31-14(11-35)12-36/h1-5,8,14-16,35-38H,6-7,9-12H2,(H,30,40)(H,31,39)(H,32,33)(H3,29,34,41)/t15-,16-/m1/s1. The first-order chi connectivity index (χ1) is 19.6. The Balaban J connectivity index is 1.37. The monoisotopic (exact) mass is 570 g/mol. The second-order valence-corrected chi connectivity index (χ2v) is 9.64. The summed E-state index contributed by atoms with van der Waals surface area (Å²) in [4.78, 5) is 47.2. The summed E-state index contributed by atoms with van der Waals surface area (Å²) >= 11 is 0. The summed E-state index contributed by atoms with van der Waals surface area (Å²) < 4.78 is 14.4. The third-order valence-corrected chi connectivity index (χ3v) is 6.54. The molecule has 0 saturated carbocycles. The van der Waals surface area contributed by atoms with Crippen LogP contribution in [0.25, 0.3) is 33.3 Å². The normalized spacial score (nSPS) is 13.0. The van der Waals surface area contributed by atoms with Gasteiger partial charge in [-0.3, -0.25) is 14.4 Å². The van der Waals surface area contributed by atoms with E-state index in [0.717, 1.165) is 0 Å². The molecule has 13 nitrogen and oxygen atoms in total. The predicted molar refractivity (Wildman–Crippen MR) is 148 cm³/mol. The van der Waals surface area contributed by atoms with Gasteiger partial charge in [0.15, 0.2) is 0 Å². The molecule has 2 heterocycles. The molecule has 4 rings (SSSR count). The molecular weight excluding hydrogens is 539 g/mol. The molecule has 4 aromatic rings. The van der Waals surface area contributed by atoms with Crippen LogP contribution in [0.4, 0.5) is 10.1 Å². The van der Waals surface area contributed by atoms with Crippen LogP contribution in [0.15, 0.2) is 41.2 Å². The zero-order valence-corrected chi connectivity index (χ0v) is 21.9. The van der Waals surface area contributed by atoms with Gasteiger partial charge in [-0.05, 0) is 43.2 Å². The number of nitrogens with zero attached hydrogens (tertiary/aromatic N) is 1. The first-order valence-corrected chi connectivity index (χ1v) is 12.9. The van der Waals surface area contributed by atoms with Crippen LogP contribution >= 0.6 is 0 Å². The number of carbonyl (C=O) groups excluding carboxylic acids is 2. The second kappa shape index (κ2) is 12.9. The highest BCUT2D eigenvalue weighted by atomic mass is 19.1. The van der Waals surface area contributed by atoms with Crippen molar-refractivity contribution in [2.45, 2.75) is 37.5 Å². The SMILES string of the molecule is Nc1c(-c2nc3ccc(C(=O)NCC[C@@H](O)C[C@@H](O)CC(=O)NC(CO)CO)cc3[nH]2)c(=O)[nH]c2cccc(F)c12. The van der Waals surface area contributed by atoms with Gasteiger partial charge in [0.2, 0.25) is 5.91 Å². The molecule has 10 N–H and O–H groups in total. The van der Waals surface area contributed by atoms with E-state index >= 15 is 0 Å². The first kappa shape index (κ1) is 29.6. The number of aliphatic hydroxyl groups excluding tert-OH is 4. The van der Waals surface area contributed by atoms with Crippen LogP contribution in [0, 0.1) is 5.82 Å². The largest absolute Gasteiger partial charge is 0.397 e. The third-order valence-electron chi connectivity index (χ3n) is 6.54. The van der Waals surface area contributed by atoms with Crippen molar-refractivity contribution in [2.75, 3.05) is 25.5 Å². The maximum Gasteiger partial charge on any atom is 0.261 e. The van der Waals surface area contributed by atoms with Crippen LogP contribution in [0.2, 0.25) is 0 Å². The van der Waals surface area contributed by atoms with Gasteiger partial charge in [0.25, 0.3) is 11.5 Å². The topological polar surface area (TPSA) is 227 Å². The predicted octanol–water partition coefficient (Wildman–Crippen LogP) is -0.116. The Morgan fingerprint density at radius 2 is 1.80 bits per heavy atom. The number of imidazole rings is 1. The van der Waals surface area contributed by atoms with Crippen LogP contribution in [0.3, 0.4) is 0 Å². The van der Waals surface area contributed by atoms with Crippen molar-refractivity contribution >= 4 is 39.4 Å². The lowest BCUT2D eigenvalue weighted by molar-refractivity contribution is -0.124. The molecule has 0 spiro atoms. The van der Waals surface area contributed by atoms with E-state index in [1.54, 1.807) is 6.07 Å². The Hall–Kier alpha value is -4.37. The number of pyridine rings is 1. The third kappa shape index (κ3) is 6.86. The highest BCUT2D eigenvalue weighted by Gasteiger charge is 2.20. The molecular formula is C27H31FN6O7. The minimum absolute atomic E-state index is 0.0277. The number of H-pyrrole nitrogens is 2. The van der Waals surface area contributed by atoms with E-state index in [1.807, 2.05) is 0 Å². The Labute approximate surface area is 232 Å². The molecule has 14 heteroatoms. The van der Waals surface area contributed by atoms with Crippen LogP contribution < -0.4 is 21.9 Å². The number of nitrogens with two attached hydrogens (primary N) is 1. The number of hydrogen-bond acceptors (Lipinski definition) is 9. The molecule has 0 fully saturated rings. The number of nitrogen functional groups attached to an aromatic ring is 1. The van der Waals surface area contributed by atoms with Crippen molar-refractivity contribution in [3.8, 4) is 11.4 Å². The Kier molecular flexibility index (Phi) is 9.29. The molecule has 218 valence electrons. The van der Waals surface area contributed by atoms with Gasteiger partial charge < -0.3 is 46.8 Å². The highest BCUT2D eigenvalue weighted by Crippen LogP contribution is 2.30. The average Bonchev–Trinajstić information content (AvgIpc) is 3.34. The molecule has 2 atom stereocenters. The van der Waals surface area contributed by atoms with E-state index in [9.17, 15) is 29.0 Å². The average molecular weight is 571 g/mol. The fourth-order valence-corrected chi connectivity index (χ4v) is 4.46. The number of anilines is 1. The summed E-state index contributed by atoms with van der Waals surface area (Å²) in [6.07, 6.45) is -2.49. The minimum Gasteiger partial charge on any atom is -0.397 e. The smallest absolute Gasteiger partial charge is 0.261 e. The molecule has 0 aliphatic heterocycles. The van der Waals surface area contributed by atoms with Gasteiger partial charge in [0.1, 0.15) is 17.2 Å². The number of halogens is 1. The van der Waals surface area contributed by atoms with E-state index in [-0.39, 0.29) is 59.3 Å². The molecule has 0 bridgehead atoms. The van der Waals surface area contributed by atoms with Gasteiger partial charge in [-0.15, -0.1) is 0 Å². The maximum atomic E-state index is 14.4. The molecule has 0 aliphatic carbocycles. The van der Waals surface area contributed by atoms with Crippen LogP contribution in [0.1, 0.15) is 29.6 Å². The lowest BCUT2D eigenvalue weighted by Gasteiger charge is -2.18. The number of aliphatic hydroxyl groups is 4. The number of aromatic nitrogens is 3. The van der Waals surface area contributed by atoms with Crippen molar-refractivity contribution in [3.63, 3.8) is 0 Å². The summed E-state index contributed by atoms with van der Waals surface area (Å²) in [5, 5.41) is 43.3. The quantitative estimate of drug-likeness (QED) is 0.110. The number of nitrogens with one attached hydrogen (secondary N) is 4. The van der Waals surface area contributed by atoms with E-state index in [0.29, 0.717) is 11.0 Å². The number of hydrogen-bond donors (Lipinski definition) is 9. The summed E-state index contributed by atoms with van der Waals surface area (Å²) in [7, 11) is 0. The van der Waals surface area contributed by atoms with E-state index in [4.69, 9.17) is 15.9 Å². The lowest BCUT2D eigenvalue weighted by atomic mass is 10.1. The molecule has 0 aliphatic rings. The van der Waals surface area contributed by atoms with Crippen LogP contribution in [-0.2, 0) is 4.79 Å². The summed E-state index contributed by atoms with van der Waals surface area (Å²) in [6.45, 7) is -0.818. The Bertz CT molecular complexity index is 1620. The maximum absolute atomic E-state index is 14.4. The molecule has 2 aromatic carbocycles. The van der Waals surface area contributed by atoms with E-state index in [1.165, 1.54) is 30.3 Å². The zero-order chi connectivity index (χ0) is 29.7. The second-order valence-electron chi connectivity index (χ2n) is 9.64. The lowest BCUT2D eigenvalue weighted by Crippen LogP contribution is -2.41. The van der Waals surface area contributed by atoms with Crippen LogP contribution in [0.5, 0.6) is 0 Å². The van der Waals surface area contributed by atoms with Crippen molar-refractivity contribution in [3.05, 3.63) is 58.1 Å². The van der Waals surface area contributed by atoms with Gasteiger partial charge in [-0.1, -0.05) is 6.07 Å². The van der Waals surface area contributed by atoms with Gasteiger partial charge in [-0.2, -0.15) is 0 Å². The molecule has 0 unspecified atom stereocenters. The highest BCUT2D eigenvalue weighted by molar-refractivity contribution is 6.00. The van der Waals surface area contributed by atoms with Crippen molar-refractivity contribution < 1.29 is 34.4 Å². The summed E-state index contributed by atoms with van der Waals surface area (Å²) in [5.41, 5.74) is 6.92. The number of benzene rings is 2. The number of fused-ring (bicyclic) bond motifs is 2. The summed E-state index contributed by atoms with van der Waals surface area (Å²) in [6, 6.07) is 8.04. The first-order valence-electron chi connectivity index (χ1n) is 12.9. The fraction of sp³-hybridized carbons (Fsp3) is 0.333.